The summed E-state index contributed by atoms with van der Waals surface area (Å²) in [7, 11) is 0. The number of hydrogen-bond donors (Lipinski definition) is 1. The maximum Gasteiger partial charge on any atom is 0.269 e. The number of nitrogens with one attached hydrogen (secondary N) is 1. The van der Waals surface area contributed by atoms with E-state index >= 15 is 0 Å². The van der Waals surface area contributed by atoms with E-state index < -0.39 is 40.1 Å². The van der Waals surface area contributed by atoms with Gasteiger partial charge in [-0.2, -0.15) is 22.5 Å². The largest absolute Gasteiger partial charge is 0.361 e. The minimum Gasteiger partial charge on any atom is -0.361 e. The lowest BCUT2D eigenvalue weighted by Crippen LogP contribution is -2.08. The molecule has 0 fully saturated rings. The number of pyridine rings is 1. The normalized spacial score (nSPS) is 12.3. The van der Waals surface area contributed by atoms with Gasteiger partial charge in [0.25, 0.3) is 17.6 Å². The fourth-order valence-corrected chi connectivity index (χ4v) is 4.99. The van der Waals surface area contributed by atoms with Gasteiger partial charge in [0.2, 0.25) is 11.6 Å². The van der Waals surface area contributed by atoms with Gasteiger partial charge in [-0.25, -0.2) is 0 Å². The molecule has 0 bridgehead atoms. The Bertz CT molecular complexity index is 1850. The van der Waals surface area contributed by atoms with Gasteiger partial charge in [-0.3, -0.25) is 10.1 Å². The van der Waals surface area contributed by atoms with Gasteiger partial charge in [0.15, 0.2) is 0 Å². The fourth-order valence-electron chi connectivity index (χ4n) is 4.99. The van der Waals surface area contributed by atoms with Crippen LogP contribution in [0.4, 0.5) is 23.2 Å². The lowest BCUT2D eigenvalue weighted by molar-refractivity contribution is -0.384. The van der Waals surface area contributed by atoms with Gasteiger partial charge in [0.1, 0.15) is 5.69 Å². The monoisotopic (exact) mass is 516 g/mol. The number of aromatic amines is 1. The highest BCUT2D eigenvalue weighted by atomic mass is 19.2. The molecule has 38 heavy (non-hydrogen) atoms. The summed E-state index contributed by atoms with van der Waals surface area (Å²) in [4.78, 5) is 16.9. The van der Waals surface area contributed by atoms with E-state index in [1.54, 1.807) is 42.6 Å². The van der Waals surface area contributed by atoms with Crippen LogP contribution in [0.15, 0.2) is 85.2 Å². The number of non-ortho nitro benzene ring substituents is 1. The smallest absolute Gasteiger partial charge is 0.269 e. The zero-order valence-electron chi connectivity index (χ0n) is 19.3. The fraction of sp³-hybridized carbons (Fsp3) is 0.0357. The average molecular weight is 516 g/mol. The highest BCUT2D eigenvalue weighted by Gasteiger charge is 2.29. The number of H-pyrrole nitrogens is 1. The van der Waals surface area contributed by atoms with Crippen molar-refractivity contribution in [2.45, 2.75) is 5.92 Å². The lowest BCUT2D eigenvalue weighted by atomic mass is 9.84. The Hall–Kier alpha value is -4.99. The number of benzene rings is 3. The van der Waals surface area contributed by atoms with Crippen molar-refractivity contribution in [3.63, 3.8) is 0 Å². The molecule has 3 aromatic carbocycles. The molecule has 1 unspecified atom stereocenters. The molecule has 0 saturated carbocycles. The van der Waals surface area contributed by atoms with Gasteiger partial charge in [-0.1, -0.05) is 48.5 Å². The Morgan fingerprint density at radius 1 is 0.842 bits per heavy atom. The van der Waals surface area contributed by atoms with Crippen LogP contribution >= 0.6 is 0 Å². The number of aromatic nitrogens is 3. The average Bonchev–Trinajstić information content (AvgIpc) is 3.51. The van der Waals surface area contributed by atoms with E-state index in [0.717, 1.165) is 21.0 Å². The number of rotatable bonds is 5. The van der Waals surface area contributed by atoms with Crippen LogP contribution in [0.25, 0.3) is 27.5 Å². The van der Waals surface area contributed by atoms with E-state index in [0.29, 0.717) is 16.5 Å². The van der Waals surface area contributed by atoms with Crippen LogP contribution in [0, 0.1) is 33.6 Å². The van der Waals surface area contributed by atoms with Crippen LogP contribution in [-0.4, -0.2) is 19.5 Å². The molecule has 10 heteroatoms. The van der Waals surface area contributed by atoms with Crippen LogP contribution in [0.2, 0.25) is 0 Å². The third-order valence-electron chi connectivity index (χ3n) is 6.62. The molecule has 188 valence electrons. The van der Waals surface area contributed by atoms with Crippen molar-refractivity contribution in [3.05, 3.63) is 136 Å². The molecule has 3 heterocycles. The quantitative estimate of drug-likeness (QED) is 0.114. The summed E-state index contributed by atoms with van der Waals surface area (Å²) >= 11 is 0. The molecule has 6 aromatic rings. The first-order chi connectivity index (χ1) is 18.3. The molecule has 0 amide bonds. The van der Waals surface area contributed by atoms with E-state index in [-0.39, 0.29) is 11.2 Å². The topological polar surface area (TPSA) is 76.8 Å². The molecule has 6 rings (SSSR count). The van der Waals surface area contributed by atoms with Crippen molar-refractivity contribution in [1.29, 1.82) is 0 Å². The molecule has 0 radical (unpaired) electrons. The third-order valence-corrected chi connectivity index (χ3v) is 6.62. The van der Waals surface area contributed by atoms with Gasteiger partial charge in [0, 0.05) is 46.7 Å². The van der Waals surface area contributed by atoms with E-state index in [4.69, 9.17) is 0 Å². The minimum atomic E-state index is -1.77. The van der Waals surface area contributed by atoms with Gasteiger partial charge in [-0.15, -0.1) is 0 Å². The van der Waals surface area contributed by atoms with Crippen molar-refractivity contribution in [1.82, 2.24) is 14.5 Å². The standard InChI is InChI=1S/C28H16F4N4O2/c29-24-26(25(30)28(32)34-27(24)31)35-14-20(18-9-2-4-11-22(18)35)23(15-6-5-7-16(12-15)36(37)38)19-13-33-21-10-3-1-8-17(19)21/h1-14,23,33H. The summed E-state index contributed by atoms with van der Waals surface area (Å²) in [6.45, 7) is 0. The Kier molecular flexibility index (Phi) is 5.45. The highest BCUT2D eigenvalue weighted by Crippen LogP contribution is 2.42. The van der Waals surface area contributed by atoms with Crippen molar-refractivity contribution in [3.8, 4) is 5.69 Å². The summed E-state index contributed by atoms with van der Waals surface area (Å²) in [5.41, 5.74) is 1.82. The predicted octanol–water partition coefficient (Wildman–Crippen LogP) is 7.15. The van der Waals surface area contributed by atoms with Gasteiger partial charge >= 0.3 is 0 Å². The van der Waals surface area contributed by atoms with Gasteiger partial charge < -0.3 is 9.55 Å². The number of hydrogen-bond acceptors (Lipinski definition) is 3. The molecular weight excluding hydrogens is 500 g/mol. The van der Waals surface area contributed by atoms with E-state index in [2.05, 4.69) is 9.97 Å². The van der Waals surface area contributed by atoms with Crippen molar-refractivity contribution >= 4 is 27.5 Å². The summed E-state index contributed by atoms with van der Waals surface area (Å²) in [6, 6.07) is 20.2. The Morgan fingerprint density at radius 3 is 2.26 bits per heavy atom. The summed E-state index contributed by atoms with van der Waals surface area (Å²) in [6.07, 6.45) is 3.17. The molecular formula is C28H16F4N4O2. The number of halogens is 4. The Balaban J connectivity index is 1.70. The molecule has 1 N–H and O–H groups in total. The SMILES string of the molecule is O=[N+]([O-])c1cccc(C(c2c[nH]c3ccccc23)c2cn(-c3c(F)c(F)nc(F)c3F)c3ccccc23)c1. The predicted molar refractivity (Wildman–Crippen MR) is 133 cm³/mol. The maximum atomic E-state index is 14.9. The minimum absolute atomic E-state index is 0.133. The van der Waals surface area contributed by atoms with Crippen LogP contribution in [0.3, 0.4) is 0 Å². The van der Waals surface area contributed by atoms with E-state index in [1.165, 1.54) is 18.3 Å². The number of nitro groups is 1. The van der Waals surface area contributed by atoms with E-state index in [9.17, 15) is 27.7 Å². The maximum absolute atomic E-state index is 14.9. The molecule has 6 nitrogen and oxygen atoms in total. The zero-order chi connectivity index (χ0) is 26.6. The van der Waals surface area contributed by atoms with Gasteiger partial charge in [-0.05, 0) is 28.8 Å². The second kappa shape index (κ2) is 8.84. The van der Waals surface area contributed by atoms with Crippen LogP contribution in [0.1, 0.15) is 22.6 Å². The highest BCUT2D eigenvalue weighted by molar-refractivity contribution is 5.90. The van der Waals surface area contributed by atoms with Crippen molar-refractivity contribution in [2.75, 3.05) is 0 Å². The van der Waals surface area contributed by atoms with Crippen molar-refractivity contribution in [2.24, 2.45) is 0 Å². The summed E-state index contributed by atoms with van der Waals surface area (Å²) in [5, 5.41) is 13.0. The second-order valence-electron chi connectivity index (χ2n) is 8.72. The van der Waals surface area contributed by atoms with Crippen LogP contribution < -0.4 is 0 Å². The number of para-hydroxylation sites is 2. The third kappa shape index (κ3) is 3.61. The first-order valence-electron chi connectivity index (χ1n) is 11.5. The van der Waals surface area contributed by atoms with Crippen LogP contribution in [0.5, 0.6) is 0 Å². The molecule has 0 aliphatic rings. The molecule has 0 aliphatic heterocycles. The molecule has 3 aromatic heterocycles. The first-order valence-corrected chi connectivity index (χ1v) is 11.5. The van der Waals surface area contributed by atoms with Crippen molar-refractivity contribution < 1.29 is 22.5 Å². The first kappa shape index (κ1) is 23.4. The summed E-state index contributed by atoms with van der Waals surface area (Å²) < 4.78 is 58.9. The zero-order valence-corrected chi connectivity index (χ0v) is 19.3. The molecule has 1 atom stereocenters. The van der Waals surface area contributed by atoms with Crippen LogP contribution in [-0.2, 0) is 0 Å². The number of nitrogens with zero attached hydrogens (tertiary/aromatic N) is 3. The second-order valence-corrected chi connectivity index (χ2v) is 8.72. The van der Waals surface area contributed by atoms with Gasteiger partial charge in [0.05, 0.1) is 10.4 Å². The van der Waals surface area contributed by atoms with E-state index in [1.807, 2.05) is 24.3 Å². The molecule has 0 saturated heterocycles. The Morgan fingerprint density at radius 2 is 1.53 bits per heavy atom. The number of fused-ring (bicyclic) bond motifs is 2. The Labute approximate surface area is 211 Å². The molecule has 0 aliphatic carbocycles. The molecule has 0 spiro atoms. The summed E-state index contributed by atoms with van der Waals surface area (Å²) in [5.74, 6) is -7.49. The lowest BCUT2D eigenvalue weighted by Gasteiger charge is -2.17. The number of nitro benzene ring substituents is 1.